The molecule has 0 saturated heterocycles. The molecule has 1 rings (SSSR count). The summed E-state index contributed by atoms with van der Waals surface area (Å²) in [5, 5.41) is 6.35. The standard InChI is InChI=1S/C12H24N2OS/c1-10(2)13-8-4-5-11(15)14-9-12(16-3)6-7-12/h10,13H,4-9H2,1-3H3,(H,14,15). The molecule has 1 saturated carbocycles. The highest BCUT2D eigenvalue weighted by molar-refractivity contribution is 8.00. The van der Waals surface area contributed by atoms with Crippen LogP contribution in [0.5, 0.6) is 0 Å². The van der Waals surface area contributed by atoms with Gasteiger partial charge in [0, 0.05) is 23.8 Å². The summed E-state index contributed by atoms with van der Waals surface area (Å²) in [7, 11) is 0. The average Bonchev–Trinajstić information content (AvgIpc) is 3.02. The lowest BCUT2D eigenvalue weighted by Crippen LogP contribution is -2.32. The molecule has 0 aromatic carbocycles. The lowest BCUT2D eigenvalue weighted by molar-refractivity contribution is -0.121. The molecule has 4 heteroatoms. The number of amides is 1. The Hall–Kier alpha value is -0.220. The number of hydrogen-bond donors (Lipinski definition) is 2. The van der Waals surface area contributed by atoms with Crippen LogP contribution in [0, 0.1) is 0 Å². The van der Waals surface area contributed by atoms with Gasteiger partial charge in [0.05, 0.1) is 0 Å². The largest absolute Gasteiger partial charge is 0.355 e. The fourth-order valence-corrected chi connectivity index (χ4v) is 2.31. The Morgan fingerprint density at radius 2 is 2.12 bits per heavy atom. The van der Waals surface area contributed by atoms with Gasteiger partial charge in [-0.25, -0.2) is 0 Å². The van der Waals surface area contributed by atoms with Gasteiger partial charge < -0.3 is 10.6 Å². The maximum Gasteiger partial charge on any atom is 0.220 e. The van der Waals surface area contributed by atoms with Gasteiger partial charge in [0.25, 0.3) is 0 Å². The second kappa shape index (κ2) is 6.50. The molecular formula is C12H24N2OS. The minimum atomic E-state index is 0.200. The first-order valence-electron chi connectivity index (χ1n) is 6.13. The molecular weight excluding hydrogens is 220 g/mol. The van der Waals surface area contributed by atoms with Gasteiger partial charge in [-0.15, -0.1) is 0 Å². The van der Waals surface area contributed by atoms with Crippen LogP contribution in [0.15, 0.2) is 0 Å². The Balaban J connectivity index is 1.99. The Labute approximate surface area is 103 Å². The summed E-state index contributed by atoms with van der Waals surface area (Å²) in [4.78, 5) is 11.5. The molecule has 1 amide bonds. The van der Waals surface area contributed by atoms with Gasteiger partial charge in [-0.3, -0.25) is 4.79 Å². The van der Waals surface area contributed by atoms with Gasteiger partial charge in [0.15, 0.2) is 0 Å². The van der Waals surface area contributed by atoms with Crippen LogP contribution in [0.4, 0.5) is 0 Å². The van der Waals surface area contributed by atoms with Gasteiger partial charge in [0.1, 0.15) is 0 Å². The highest BCUT2D eigenvalue weighted by Gasteiger charge is 2.41. The summed E-state index contributed by atoms with van der Waals surface area (Å²) >= 11 is 1.89. The zero-order chi connectivity index (χ0) is 12.0. The Morgan fingerprint density at radius 3 is 2.62 bits per heavy atom. The van der Waals surface area contributed by atoms with E-state index < -0.39 is 0 Å². The van der Waals surface area contributed by atoms with E-state index in [9.17, 15) is 4.79 Å². The topological polar surface area (TPSA) is 41.1 Å². The van der Waals surface area contributed by atoms with Gasteiger partial charge in [-0.05, 0) is 32.1 Å². The summed E-state index contributed by atoms with van der Waals surface area (Å²) in [5.41, 5.74) is 0. The molecule has 0 heterocycles. The molecule has 1 fully saturated rings. The number of carbonyl (C=O) groups is 1. The molecule has 2 N–H and O–H groups in total. The molecule has 0 aliphatic heterocycles. The fourth-order valence-electron chi connectivity index (χ4n) is 1.58. The predicted molar refractivity (Wildman–Crippen MR) is 70.9 cm³/mol. The lowest BCUT2D eigenvalue weighted by atomic mass is 10.2. The van der Waals surface area contributed by atoms with Crippen molar-refractivity contribution in [1.29, 1.82) is 0 Å². The first kappa shape index (κ1) is 13.8. The lowest BCUT2D eigenvalue weighted by Gasteiger charge is -2.13. The number of carbonyl (C=O) groups excluding carboxylic acids is 1. The van der Waals surface area contributed by atoms with Gasteiger partial charge >= 0.3 is 0 Å². The third-order valence-electron chi connectivity index (χ3n) is 2.98. The van der Waals surface area contributed by atoms with Crippen LogP contribution in [0.3, 0.4) is 0 Å². The van der Waals surface area contributed by atoms with E-state index >= 15 is 0 Å². The van der Waals surface area contributed by atoms with E-state index in [1.165, 1.54) is 12.8 Å². The van der Waals surface area contributed by atoms with E-state index in [0.29, 0.717) is 17.2 Å². The van der Waals surface area contributed by atoms with Crippen molar-refractivity contribution in [2.24, 2.45) is 0 Å². The first-order valence-corrected chi connectivity index (χ1v) is 7.36. The van der Waals surface area contributed by atoms with Crippen LogP contribution in [0.2, 0.25) is 0 Å². The number of hydrogen-bond acceptors (Lipinski definition) is 3. The van der Waals surface area contributed by atoms with Gasteiger partial charge in [-0.1, -0.05) is 13.8 Å². The second-order valence-corrected chi connectivity index (χ2v) is 6.15. The number of thioether (sulfide) groups is 1. The highest BCUT2D eigenvalue weighted by Crippen LogP contribution is 2.46. The van der Waals surface area contributed by atoms with Crippen LogP contribution < -0.4 is 10.6 Å². The summed E-state index contributed by atoms with van der Waals surface area (Å²) in [6.45, 7) is 6.02. The fraction of sp³-hybridized carbons (Fsp3) is 0.917. The minimum absolute atomic E-state index is 0.200. The second-order valence-electron chi connectivity index (χ2n) is 4.88. The van der Waals surface area contributed by atoms with E-state index in [-0.39, 0.29) is 5.91 Å². The maximum absolute atomic E-state index is 11.5. The molecule has 1 aliphatic carbocycles. The summed E-state index contributed by atoms with van der Waals surface area (Å²) in [5.74, 6) is 0.200. The molecule has 0 radical (unpaired) electrons. The summed E-state index contributed by atoms with van der Waals surface area (Å²) in [6, 6.07) is 0.509. The molecule has 0 unspecified atom stereocenters. The molecule has 0 atom stereocenters. The molecule has 3 nitrogen and oxygen atoms in total. The Bertz CT molecular complexity index is 227. The average molecular weight is 244 g/mol. The zero-order valence-corrected chi connectivity index (χ0v) is 11.5. The number of nitrogens with one attached hydrogen (secondary N) is 2. The van der Waals surface area contributed by atoms with Crippen molar-refractivity contribution in [2.45, 2.75) is 50.3 Å². The third kappa shape index (κ3) is 5.21. The van der Waals surface area contributed by atoms with Crippen molar-refractivity contribution < 1.29 is 4.79 Å². The van der Waals surface area contributed by atoms with Crippen molar-refractivity contribution in [2.75, 3.05) is 19.3 Å². The number of rotatable bonds is 8. The highest BCUT2D eigenvalue weighted by atomic mass is 32.2. The van der Waals surface area contributed by atoms with E-state index in [0.717, 1.165) is 19.5 Å². The van der Waals surface area contributed by atoms with Gasteiger partial charge in [-0.2, -0.15) is 11.8 Å². The minimum Gasteiger partial charge on any atom is -0.355 e. The molecule has 0 aromatic heterocycles. The maximum atomic E-state index is 11.5. The molecule has 0 spiro atoms. The van der Waals surface area contributed by atoms with Crippen molar-refractivity contribution >= 4 is 17.7 Å². The van der Waals surface area contributed by atoms with Crippen LogP contribution in [-0.4, -0.2) is 36.0 Å². The van der Waals surface area contributed by atoms with Crippen LogP contribution >= 0.6 is 11.8 Å². The third-order valence-corrected chi connectivity index (χ3v) is 4.40. The zero-order valence-electron chi connectivity index (χ0n) is 10.6. The van der Waals surface area contributed by atoms with Gasteiger partial charge in [0.2, 0.25) is 5.91 Å². The predicted octanol–water partition coefficient (Wildman–Crippen LogP) is 1.78. The Morgan fingerprint density at radius 1 is 1.44 bits per heavy atom. The van der Waals surface area contributed by atoms with Crippen LogP contribution in [0.25, 0.3) is 0 Å². The van der Waals surface area contributed by atoms with E-state index in [4.69, 9.17) is 0 Å². The molecule has 94 valence electrons. The molecule has 0 bridgehead atoms. The summed E-state index contributed by atoms with van der Waals surface area (Å²) < 4.78 is 0.381. The van der Waals surface area contributed by atoms with E-state index in [1.54, 1.807) is 0 Å². The quantitative estimate of drug-likeness (QED) is 0.640. The van der Waals surface area contributed by atoms with Crippen LogP contribution in [0.1, 0.15) is 39.5 Å². The monoisotopic (exact) mass is 244 g/mol. The van der Waals surface area contributed by atoms with E-state index in [1.807, 2.05) is 11.8 Å². The smallest absolute Gasteiger partial charge is 0.220 e. The van der Waals surface area contributed by atoms with Crippen molar-refractivity contribution in [1.82, 2.24) is 10.6 Å². The first-order chi connectivity index (χ1) is 7.58. The SMILES string of the molecule is CSC1(CNC(=O)CCCNC(C)C)CC1. The molecule has 0 aromatic rings. The van der Waals surface area contributed by atoms with E-state index in [2.05, 4.69) is 30.7 Å². The van der Waals surface area contributed by atoms with Crippen molar-refractivity contribution in [3.05, 3.63) is 0 Å². The Kier molecular flexibility index (Phi) is 5.62. The normalized spacial score (nSPS) is 17.5. The molecule has 16 heavy (non-hydrogen) atoms. The van der Waals surface area contributed by atoms with Crippen molar-refractivity contribution in [3.63, 3.8) is 0 Å². The van der Waals surface area contributed by atoms with Crippen molar-refractivity contribution in [3.8, 4) is 0 Å². The summed E-state index contributed by atoms with van der Waals surface area (Å²) in [6.07, 6.45) is 6.21. The molecule has 1 aliphatic rings. The van der Waals surface area contributed by atoms with Crippen LogP contribution in [-0.2, 0) is 4.79 Å².